The minimum absolute atomic E-state index is 0.227. The highest BCUT2D eigenvalue weighted by Gasteiger charge is 2.23. The largest absolute Gasteiger partial charge is 0.452 e. The first-order valence-electron chi connectivity index (χ1n) is 7.75. The van der Waals surface area contributed by atoms with Gasteiger partial charge in [0.2, 0.25) is 0 Å². The van der Waals surface area contributed by atoms with Crippen molar-refractivity contribution in [2.75, 3.05) is 6.61 Å². The van der Waals surface area contributed by atoms with E-state index in [1.165, 1.54) is 5.56 Å². The van der Waals surface area contributed by atoms with Gasteiger partial charge in [-0.2, -0.15) is 0 Å². The highest BCUT2D eigenvalue weighted by molar-refractivity contribution is 5.92. The summed E-state index contributed by atoms with van der Waals surface area (Å²) >= 11 is 0. The second kappa shape index (κ2) is 6.65. The van der Waals surface area contributed by atoms with E-state index in [4.69, 9.17) is 4.74 Å². The molecule has 1 aliphatic carbocycles. The number of aryl methyl sites for hydroxylation is 1. The molecule has 1 saturated carbocycles. The molecule has 0 bridgehead atoms. The van der Waals surface area contributed by atoms with Crippen LogP contribution < -0.4 is 5.32 Å². The van der Waals surface area contributed by atoms with Gasteiger partial charge in [-0.25, -0.2) is 4.79 Å². The zero-order valence-electron chi connectivity index (χ0n) is 13.0. The maximum absolute atomic E-state index is 11.9. The molecule has 0 saturated heterocycles. The van der Waals surface area contributed by atoms with Gasteiger partial charge in [-0.05, 0) is 43.0 Å². The molecule has 0 spiro atoms. The number of hydrogen-bond acceptors (Lipinski definition) is 3. The number of ether oxygens (including phenoxy) is 1. The fourth-order valence-electron chi connectivity index (χ4n) is 2.26. The molecule has 3 rings (SSSR count). The number of esters is 1. The van der Waals surface area contributed by atoms with Crippen LogP contribution in [0.4, 0.5) is 0 Å². The molecule has 0 aromatic heterocycles. The molecule has 1 fully saturated rings. The van der Waals surface area contributed by atoms with Crippen molar-refractivity contribution in [3.8, 4) is 11.1 Å². The highest BCUT2D eigenvalue weighted by atomic mass is 16.5. The normalized spacial score (nSPS) is 13.4. The number of benzene rings is 2. The molecule has 2 aromatic rings. The first-order chi connectivity index (χ1) is 11.1. The van der Waals surface area contributed by atoms with Crippen molar-refractivity contribution in [2.45, 2.75) is 25.8 Å². The Bertz CT molecular complexity index is 700. The van der Waals surface area contributed by atoms with Gasteiger partial charge in [-0.1, -0.05) is 42.0 Å². The maximum Gasteiger partial charge on any atom is 0.338 e. The van der Waals surface area contributed by atoms with Gasteiger partial charge in [0, 0.05) is 6.04 Å². The smallest absolute Gasteiger partial charge is 0.338 e. The quantitative estimate of drug-likeness (QED) is 0.864. The van der Waals surface area contributed by atoms with Gasteiger partial charge in [0.15, 0.2) is 6.61 Å². The van der Waals surface area contributed by atoms with Gasteiger partial charge >= 0.3 is 5.97 Å². The van der Waals surface area contributed by atoms with E-state index in [0.29, 0.717) is 5.56 Å². The van der Waals surface area contributed by atoms with Crippen LogP contribution in [-0.2, 0) is 9.53 Å². The molecule has 1 amide bonds. The average molecular weight is 309 g/mol. The minimum Gasteiger partial charge on any atom is -0.452 e. The summed E-state index contributed by atoms with van der Waals surface area (Å²) in [6.07, 6.45) is 2.03. The predicted octanol–water partition coefficient (Wildman–Crippen LogP) is 3.10. The number of nitrogens with one attached hydrogen (secondary N) is 1. The summed E-state index contributed by atoms with van der Waals surface area (Å²) in [5.74, 6) is -0.719. The molecule has 0 heterocycles. The van der Waals surface area contributed by atoms with Crippen LogP contribution in [0, 0.1) is 6.92 Å². The van der Waals surface area contributed by atoms with Crippen molar-refractivity contribution in [2.24, 2.45) is 0 Å². The van der Waals surface area contributed by atoms with Crippen molar-refractivity contribution in [1.29, 1.82) is 0 Å². The van der Waals surface area contributed by atoms with Gasteiger partial charge in [0.25, 0.3) is 5.91 Å². The SMILES string of the molecule is Cc1ccc(-c2ccc(C(=O)OCC(=O)NC3CC3)cc2)cc1. The summed E-state index contributed by atoms with van der Waals surface area (Å²) in [5.41, 5.74) is 3.78. The molecule has 2 aromatic carbocycles. The monoisotopic (exact) mass is 309 g/mol. The lowest BCUT2D eigenvalue weighted by atomic mass is 10.0. The lowest BCUT2D eigenvalue weighted by molar-refractivity contribution is -0.124. The molecule has 118 valence electrons. The topological polar surface area (TPSA) is 55.4 Å². The van der Waals surface area contributed by atoms with E-state index in [-0.39, 0.29) is 18.6 Å². The average Bonchev–Trinajstić information content (AvgIpc) is 3.37. The fourth-order valence-corrected chi connectivity index (χ4v) is 2.26. The van der Waals surface area contributed by atoms with E-state index < -0.39 is 5.97 Å². The fraction of sp³-hybridized carbons (Fsp3) is 0.263. The van der Waals surface area contributed by atoms with E-state index in [0.717, 1.165) is 24.0 Å². The number of hydrogen-bond donors (Lipinski definition) is 1. The first-order valence-corrected chi connectivity index (χ1v) is 7.75. The first kappa shape index (κ1) is 15.3. The van der Waals surface area contributed by atoms with Crippen LogP contribution in [0.5, 0.6) is 0 Å². The van der Waals surface area contributed by atoms with Crippen molar-refractivity contribution >= 4 is 11.9 Å². The van der Waals surface area contributed by atoms with E-state index in [2.05, 4.69) is 17.4 Å². The van der Waals surface area contributed by atoms with Crippen LogP contribution in [-0.4, -0.2) is 24.5 Å². The van der Waals surface area contributed by atoms with Crippen LogP contribution >= 0.6 is 0 Å². The van der Waals surface area contributed by atoms with E-state index in [1.54, 1.807) is 12.1 Å². The van der Waals surface area contributed by atoms with E-state index in [9.17, 15) is 9.59 Å². The Labute approximate surface area is 135 Å². The van der Waals surface area contributed by atoms with Gasteiger partial charge in [0.05, 0.1) is 5.56 Å². The Morgan fingerprint density at radius 2 is 1.57 bits per heavy atom. The molecule has 0 aliphatic heterocycles. The lowest BCUT2D eigenvalue weighted by Crippen LogP contribution is -2.30. The van der Waals surface area contributed by atoms with Crippen molar-refractivity contribution in [3.63, 3.8) is 0 Å². The van der Waals surface area contributed by atoms with E-state index in [1.807, 2.05) is 31.2 Å². The minimum atomic E-state index is -0.480. The lowest BCUT2D eigenvalue weighted by Gasteiger charge is -2.07. The predicted molar refractivity (Wildman–Crippen MR) is 88.1 cm³/mol. The Morgan fingerprint density at radius 1 is 1.00 bits per heavy atom. The summed E-state index contributed by atoms with van der Waals surface area (Å²) in [4.78, 5) is 23.4. The molecular weight excluding hydrogens is 290 g/mol. The molecule has 1 aliphatic rings. The Hall–Kier alpha value is -2.62. The second-order valence-electron chi connectivity index (χ2n) is 5.86. The Balaban J connectivity index is 1.58. The number of amides is 1. The van der Waals surface area contributed by atoms with E-state index >= 15 is 0 Å². The summed E-state index contributed by atoms with van der Waals surface area (Å²) < 4.78 is 5.03. The molecular formula is C19H19NO3. The van der Waals surface area contributed by atoms with Gasteiger partial charge < -0.3 is 10.1 Å². The van der Waals surface area contributed by atoms with Crippen LogP contribution in [0.2, 0.25) is 0 Å². The Kier molecular flexibility index (Phi) is 4.42. The zero-order valence-corrected chi connectivity index (χ0v) is 13.0. The van der Waals surface area contributed by atoms with Crippen LogP contribution in [0.1, 0.15) is 28.8 Å². The van der Waals surface area contributed by atoms with Crippen LogP contribution in [0.15, 0.2) is 48.5 Å². The third kappa shape index (κ3) is 4.19. The summed E-state index contributed by atoms with van der Waals surface area (Å²) in [6, 6.07) is 15.7. The number of rotatable bonds is 5. The molecule has 23 heavy (non-hydrogen) atoms. The maximum atomic E-state index is 11.9. The third-order valence-electron chi connectivity index (χ3n) is 3.78. The van der Waals surface area contributed by atoms with Gasteiger partial charge in [0.1, 0.15) is 0 Å². The second-order valence-corrected chi connectivity index (χ2v) is 5.86. The van der Waals surface area contributed by atoms with Crippen LogP contribution in [0.3, 0.4) is 0 Å². The van der Waals surface area contributed by atoms with Gasteiger partial charge in [-0.3, -0.25) is 4.79 Å². The summed E-state index contributed by atoms with van der Waals surface area (Å²) in [7, 11) is 0. The number of carbonyl (C=O) groups excluding carboxylic acids is 2. The highest BCUT2D eigenvalue weighted by Crippen LogP contribution is 2.21. The van der Waals surface area contributed by atoms with Gasteiger partial charge in [-0.15, -0.1) is 0 Å². The van der Waals surface area contributed by atoms with Crippen LogP contribution in [0.25, 0.3) is 11.1 Å². The molecule has 0 atom stereocenters. The Morgan fingerprint density at radius 3 is 2.13 bits per heavy atom. The standard InChI is InChI=1S/C19H19NO3/c1-13-2-4-14(5-3-13)15-6-8-16(9-7-15)19(22)23-12-18(21)20-17-10-11-17/h2-9,17H,10-12H2,1H3,(H,20,21). The number of carbonyl (C=O) groups is 2. The molecule has 0 radical (unpaired) electrons. The van der Waals surface area contributed by atoms with Crippen molar-refractivity contribution < 1.29 is 14.3 Å². The molecule has 4 heteroatoms. The molecule has 4 nitrogen and oxygen atoms in total. The summed E-state index contributed by atoms with van der Waals surface area (Å²) in [5, 5.41) is 2.78. The van der Waals surface area contributed by atoms with Crippen molar-refractivity contribution in [1.82, 2.24) is 5.32 Å². The summed E-state index contributed by atoms with van der Waals surface area (Å²) in [6.45, 7) is 1.82. The third-order valence-corrected chi connectivity index (χ3v) is 3.78. The molecule has 1 N–H and O–H groups in total. The van der Waals surface area contributed by atoms with Crippen molar-refractivity contribution in [3.05, 3.63) is 59.7 Å². The zero-order chi connectivity index (χ0) is 16.2. The molecule has 0 unspecified atom stereocenters.